The van der Waals surface area contributed by atoms with E-state index in [1.54, 1.807) is 56.7 Å². The summed E-state index contributed by atoms with van der Waals surface area (Å²) in [5, 5.41) is 0.672. The second-order valence-electron chi connectivity index (χ2n) is 6.70. The highest BCUT2D eigenvalue weighted by molar-refractivity contribution is 6.30. The molecule has 154 valence electrons. The molecule has 0 atom stereocenters. The standard InChI is InChI=1S/C25H23ClO4/c1-17-13-21(26)9-12-24(17)30-16-20-14-18(8-11-25(20)29-3)7-10-23(27)19-5-4-6-22(15-19)28-2/h4-15H,16H2,1-3H3/b10-7+. The van der Waals surface area contributed by atoms with Crippen molar-refractivity contribution >= 4 is 23.5 Å². The topological polar surface area (TPSA) is 44.8 Å². The summed E-state index contributed by atoms with van der Waals surface area (Å²) >= 11 is 6.01. The highest BCUT2D eigenvalue weighted by Crippen LogP contribution is 2.26. The molecule has 0 radical (unpaired) electrons. The van der Waals surface area contributed by atoms with Crippen LogP contribution in [0.3, 0.4) is 0 Å². The van der Waals surface area contributed by atoms with Crippen molar-refractivity contribution < 1.29 is 19.0 Å². The molecular weight excluding hydrogens is 400 g/mol. The molecule has 0 saturated carbocycles. The van der Waals surface area contributed by atoms with Crippen LogP contribution >= 0.6 is 11.6 Å². The number of rotatable bonds is 8. The molecule has 0 amide bonds. The molecule has 0 aliphatic rings. The first-order valence-electron chi connectivity index (χ1n) is 9.42. The van der Waals surface area contributed by atoms with Gasteiger partial charge in [-0.15, -0.1) is 0 Å². The third kappa shape index (κ3) is 5.43. The van der Waals surface area contributed by atoms with Crippen LogP contribution in [0.4, 0.5) is 0 Å². The third-order valence-electron chi connectivity index (χ3n) is 4.61. The van der Waals surface area contributed by atoms with Crippen molar-refractivity contribution in [2.24, 2.45) is 0 Å². The lowest BCUT2D eigenvalue weighted by atomic mass is 10.1. The lowest BCUT2D eigenvalue weighted by Crippen LogP contribution is -2.00. The van der Waals surface area contributed by atoms with Gasteiger partial charge in [0.05, 0.1) is 14.2 Å². The fourth-order valence-corrected chi connectivity index (χ4v) is 3.22. The summed E-state index contributed by atoms with van der Waals surface area (Å²) in [6, 6.07) is 18.3. The molecule has 3 aromatic rings. The van der Waals surface area contributed by atoms with Gasteiger partial charge in [0.1, 0.15) is 23.9 Å². The molecule has 0 aliphatic heterocycles. The van der Waals surface area contributed by atoms with Gasteiger partial charge < -0.3 is 14.2 Å². The molecular formula is C25H23ClO4. The molecule has 0 spiro atoms. The summed E-state index contributed by atoms with van der Waals surface area (Å²) < 4.78 is 16.6. The first-order chi connectivity index (χ1) is 14.5. The van der Waals surface area contributed by atoms with Gasteiger partial charge >= 0.3 is 0 Å². The van der Waals surface area contributed by atoms with Crippen molar-refractivity contribution in [3.8, 4) is 17.2 Å². The number of benzene rings is 3. The fraction of sp³-hybridized carbons (Fsp3) is 0.160. The van der Waals surface area contributed by atoms with Crippen molar-refractivity contribution in [1.82, 2.24) is 0 Å². The molecule has 4 nitrogen and oxygen atoms in total. The number of methoxy groups -OCH3 is 2. The number of ketones is 1. The molecule has 5 heteroatoms. The summed E-state index contributed by atoms with van der Waals surface area (Å²) in [5.74, 6) is 2.03. The quantitative estimate of drug-likeness (QED) is 0.323. The monoisotopic (exact) mass is 422 g/mol. The van der Waals surface area contributed by atoms with E-state index < -0.39 is 0 Å². The average Bonchev–Trinajstić information content (AvgIpc) is 2.77. The molecule has 0 heterocycles. The Morgan fingerprint density at radius 1 is 0.967 bits per heavy atom. The van der Waals surface area contributed by atoms with Crippen molar-refractivity contribution in [3.05, 3.63) is 94.0 Å². The number of allylic oxidation sites excluding steroid dienone is 1. The van der Waals surface area contributed by atoms with Gasteiger partial charge in [0.2, 0.25) is 0 Å². The van der Waals surface area contributed by atoms with Crippen molar-refractivity contribution in [1.29, 1.82) is 0 Å². The zero-order valence-electron chi connectivity index (χ0n) is 17.1. The van der Waals surface area contributed by atoms with E-state index >= 15 is 0 Å². The highest BCUT2D eigenvalue weighted by atomic mass is 35.5. The van der Waals surface area contributed by atoms with Crippen LogP contribution < -0.4 is 14.2 Å². The van der Waals surface area contributed by atoms with E-state index in [1.807, 2.05) is 37.3 Å². The molecule has 0 unspecified atom stereocenters. The molecule has 0 saturated heterocycles. The van der Waals surface area contributed by atoms with Gasteiger partial charge in [-0.1, -0.05) is 35.9 Å². The average molecular weight is 423 g/mol. The zero-order valence-corrected chi connectivity index (χ0v) is 17.9. The van der Waals surface area contributed by atoms with E-state index in [1.165, 1.54) is 0 Å². The van der Waals surface area contributed by atoms with Gasteiger partial charge in [-0.2, -0.15) is 0 Å². The molecule has 0 fully saturated rings. The smallest absolute Gasteiger partial charge is 0.185 e. The number of hydrogen-bond acceptors (Lipinski definition) is 4. The summed E-state index contributed by atoms with van der Waals surface area (Å²) in [6.07, 6.45) is 3.32. The van der Waals surface area contributed by atoms with Crippen LogP contribution in [0.2, 0.25) is 5.02 Å². The number of carbonyl (C=O) groups is 1. The normalized spacial score (nSPS) is 10.8. The molecule has 0 N–H and O–H groups in total. The maximum absolute atomic E-state index is 12.5. The second-order valence-corrected chi connectivity index (χ2v) is 7.14. The Morgan fingerprint density at radius 2 is 1.77 bits per heavy atom. The van der Waals surface area contributed by atoms with E-state index in [-0.39, 0.29) is 5.78 Å². The van der Waals surface area contributed by atoms with E-state index in [4.69, 9.17) is 25.8 Å². The molecule has 30 heavy (non-hydrogen) atoms. The van der Waals surface area contributed by atoms with Crippen LogP contribution in [-0.2, 0) is 6.61 Å². The Kier molecular flexibility index (Phi) is 7.15. The Balaban J connectivity index is 1.76. The summed E-state index contributed by atoms with van der Waals surface area (Å²) in [4.78, 5) is 12.5. The van der Waals surface area contributed by atoms with E-state index in [0.717, 1.165) is 28.2 Å². The van der Waals surface area contributed by atoms with Crippen LogP contribution in [-0.4, -0.2) is 20.0 Å². The Morgan fingerprint density at radius 3 is 2.50 bits per heavy atom. The van der Waals surface area contributed by atoms with Crippen LogP contribution in [0.15, 0.2) is 66.7 Å². The summed E-state index contributed by atoms with van der Waals surface area (Å²) in [7, 11) is 3.19. The van der Waals surface area contributed by atoms with Crippen LogP contribution in [0.5, 0.6) is 17.2 Å². The molecule has 3 aromatic carbocycles. The fourth-order valence-electron chi connectivity index (χ4n) is 2.99. The zero-order chi connectivity index (χ0) is 21.5. The van der Waals surface area contributed by atoms with Gasteiger partial charge in [0.25, 0.3) is 0 Å². The number of aryl methyl sites for hydroxylation is 1. The van der Waals surface area contributed by atoms with Gasteiger partial charge in [-0.25, -0.2) is 0 Å². The second kappa shape index (κ2) is 9.99. The van der Waals surface area contributed by atoms with Gasteiger partial charge in [0, 0.05) is 16.1 Å². The Bertz CT molecular complexity index is 1070. The van der Waals surface area contributed by atoms with Crippen molar-refractivity contribution in [3.63, 3.8) is 0 Å². The van der Waals surface area contributed by atoms with E-state index in [9.17, 15) is 4.79 Å². The van der Waals surface area contributed by atoms with E-state index in [2.05, 4.69) is 0 Å². The summed E-state index contributed by atoms with van der Waals surface area (Å²) in [5.41, 5.74) is 3.28. The maximum atomic E-state index is 12.5. The molecule has 3 rings (SSSR count). The first-order valence-corrected chi connectivity index (χ1v) is 9.80. The minimum Gasteiger partial charge on any atom is -0.497 e. The largest absolute Gasteiger partial charge is 0.497 e. The Hall–Kier alpha value is -3.24. The maximum Gasteiger partial charge on any atom is 0.185 e. The SMILES string of the molecule is COc1cccc(C(=O)/C=C/c2ccc(OC)c(COc3ccc(Cl)cc3C)c2)c1. The number of carbonyl (C=O) groups excluding carboxylic acids is 1. The summed E-state index contributed by atoms with van der Waals surface area (Å²) in [6.45, 7) is 2.28. The molecule has 0 aliphatic carbocycles. The van der Waals surface area contributed by atoms with Crippen LogP contribution in [0.25, 0.3) is 6.08 Å². The predicted octanol–water partition coefficient (Wildman–Crippen LogP) is 6.14. The number of halogens is 1. The van der Waals surface area contributed by atoms with Crippen molar-refractivity contribution in [2.45, 2.75) is 13.5 Å². The lowest BCUT2D eigenvalue weighted by Gasteiger charge is -2.13. The number of ether oxygens (including phenoxy) is 3. The minimum atomic E-state index is -0.0979. The van der Waals surface area contributed by atoms with E-state index in [0.29, 0.717) is 22.9 Å². The minimum absolute atomic E-state index is 0.0979. The number of hydrogen-bond donors (Lipinski definition) is 0. The highest BCUT2D eigenvalue weighted by Gasteiger charge is 2.08. The molecule has 0 aromatic heterocycles. The van der Waals surface area contributed by atoms with Crippen LogP contribution in [0, 0.1) is 6.92 Å². The van der Waals surface area contributed by atoms with Crippen LogP contribution in [0.1, 0.15) is 27.0 Å². The van der Waals surface area contributed by atoms with Gasteiger partial charge in [0.15, 0.2) is 5.78 Å². The van der Waals surface area contributed by atoms with Crippen molar-refractivity contribution in [2.75, 3.05) is 14.2 Å². The Labute approximate surface area is 181 Å². The first kappa shape index (κ1) is 21.5. The molecule has 0 bridgehead atoms. The predicted molar refractivity (Wildman–Crippen MR) is 120 cm³/mol. The third-order valence-corrected chi connectivity index (χ3v) is 4.84. The lowest BCUT2D eigenvalue weighted by molar-refractivity contribution is 0.104. The van der Waals surface area contributed by atoms with Gasteiger partial charge in [-0.3, -0.25) is 4.79 Å². The van der Waals surface area contributed by atoms with Gasteiger partial charge in [-0.05, 0) is 66.6 Å².